The van der Waals surface area contributed by atoms with Gasteiger partial charge in [0.25, 0.3) is 5.91 Å². The van der Waals surface area contributed by atoms with Gasteiger partial charge in [0.1, 0.15) is 5.69 Å². The van der Waals surface area contributed by atoms with Crippen LogP contribution in [-0.2, 0) is 0 Å². The fourth-order valence-corrected chi connectivity index (χ4v) is 1.52. The Balaban J connectivity index is 2.99. The highest BCUT2D eigenvalue weighted by Gasteiger charge is 2.19. The number of nitrogens with one attached hydrogen (secondary N) is 1. The van der Waals surface area contributed by atoms with E-state index in [2.05, 4.69) is 4.98 Å². The highest BCUT2D eigenvalue weighted by molar-refractivity contribution is 7.80. The third-order valence-electron chi connectivity index (χ3n) is 2.21. The molecule has 0 bridgehead atoms. The minimum absolute atomic E-state index is 0.0484. The first-order valence-corrected chi connectivity index (χ1v) is 5.61. The van der Waals surface area contributed by atoms with E-state index in [1.165, 1.54) is 17.0 Å². The molecule has 1 heterocycles. The van der Waals surface area contributed by atoms with Crippen LogP contribution in [0.5, 0.6) is 0 Å². The zero-order chi connectivity index (χ0) is 13.0. The monoisotopic (exact) mass is 253 g/mol. The number of hydrogen-bond donors (Lipinski definition) is 2. The maximum Gasteiger partial charge on any atom is 0.270 e. The molecule has 0 spiro atoms. The molecule has 1 aromatic heterocycles. The molecule has 0 radical (unpaired) electrons. The third kappa shape index (κ3) is 3.67. The molecule has 0 aliphatic carbocycles. The summed E-state index contributed by atoms with van der Waals surface area (Å²) in [4.78, 5) is 27.5. The predicted molar refractivity (Wildman–Crippen MR) is 70.0 cm³/mol. The van der Waals surface area contributed by atoms with Gasteiger partial charge in [0.2, 0.25) is 5.56 Å². The Bertz CT molecular complexity index is 482. The first kappa shape index (κ1) is 13.4. The van der Waals surface area contributed by atoms with Crippen LogP contribution in [0.15, 0.2) is 23.0 Å². The third-order valence-corrected chi connectivity index (χ3v) is 2.34. The van der Waals surface area contributed by atoms with E-state index in [1.807, 2.05) is 13.8 Å². The largest absolute Gasteiger partial charge is 0.392 e. The molecule has 1 aromatic rings. The number of pyridine rings is 1. The Kier molecular flexibility index (Phi) is 4.39. The number of aromatic nitrogens is 1. The zero-order valence-electron chi connectivity index (χ0n) is 9.77. The molecule has 1 rings (SSSR count). The lowest BCUT2D eigenvalue weighted by Gasteiger charge is -2.25. The molecule has 0 unspecified atom stereocenters. The molecule has 0 atom stereocenters. The minimum Gasteiger partial charge on any atom is -0.392 e. The fraction of sp³-hybridized carbons (Fsp3) is 0.364. The molecule has 0 saturated carbocycles. The van der Waals surface area contributed by atoms with Crippen molar-refractivity contribution < 1.29 is 4.79 Å². The van der Waals surface area contributed by atoms with Gasteiger partial charge in [-0.05, 0) is 19.9 Å². The average Bonchev–Trinajstić information content (AvgIpc) is 2.24. The van der Waals surface area contributed by atoms with Crippen molar-refractivity contribution in [1.29, 1.82) is 0 Å². The van der Waals surface area contributed by atoms with E-state index in [1.54, 1.807) is 6.07 Å². The zero-order valence-corrected chi connectivity index (χ0v) is 10.6. The summed E-state index contributed by atoms with van der Waals surface area (Å²) >= 11 is 4.80. The molecule has 3 N–H and O–H groups in total. The Morgan fingerprint density at radius 2 is 2.18 bits per heavy atom. The average molecular weight is 253 g/mol. The quantitative estimate of drug-likeness (QED) is 0.766. The molecule has 0 aliphatic rings. The molecule has 92 valence electrons. The molecular weight excluding hydrogens is 238 g/mol. The summed E-state index contributed by atoms with van der Waals surface area (Å²) < 4.78 is 0. The van der Waals surface area contributed by atoms with Crippen molar-refractivity contribution in [3.8, 4) is 0 Å². The Morgan fingerprint density at radius 3 is 2.65 bits per heavy atom. The molecule has 17 heavy (non-hydrogen) atoms. The number of carbonyl (C=O) groups excluding carboxylic acids is 1. The number of carbonyl (C=O) groups is 1. The van der Waals surface area contributed by atoms with E-state index in [0.29, 0.717) is 0 Å². The van der Waals surface area contributed by atoms with Gasteiger partial charge in [-0.2, -0.15) is 0 Å². The molecule has 5 nitrogen and oxygen atoms in total. The predicted octanol–water partition coefficient (Wildman–Crippen LogP) is 0.512. The lowest BCUT2D eigenvalue weighted by molar-refractivity contribution is 0.0730. The van der Waals surface area contributed by atoms with Gasteiger partial charge in [0, 0.05) is 12.1 Å². The van der Waals surface area contributed by atoms with Crippen LogP contribution in [0.4, 0.5) is 0 Å². The van der Waals surface area contributed by atoms with Gasteiger partial charge in [-0.15, -0.1) is 0 Å². The van der Waals surface area contributed by atoms with E-state index in [0.717, 1.165) is 0 Å². The summed E-state index contributed by atoms with van der Waals surface area (Å²) in [5.74, 6) is -0.287. The lowest BCUT2D eigenvalue weighted by Crippen LogP contribution is -2.42. The lowest BCUT2D eigenvalue weighted by atomic mass is 10.2. The van der Waals surface area contributed by atoms with E-state index < -0.39 is 0 Å². The molecule has 0 aromatic carbocycles. The van der Waals surface area contributed by atoms with Crippen LogP contribution in [0.2, 0.25) is 0 Å². The standard InChI is InChI=1S/C11H15N3O2S/c1-7(2)14(6-9(12)17)11(16)8-4-3-5-10(15)13-8/h3-5,7H,6H2,1-2H3,(H2,12,17)(H,13,15). The smallest absolute Gasteiger partial charge is 0.270 e. The number of aromatic amines is 1. The molecular formula is C11H15N3O2S. The fourth-order valence-electron chi connectivity index (χ4n) is 1.38. The van der Waals surface area contributed by atoms with E-state index in [9.17, 15) is 9.59 Å². The van der Waals surface area contributed by atoms with Crippen LogP contribution in [0.25, 0.3) is 0 Å². The number of hydrogen-bond acceptors (Lipinski definition) is 3. The van der Waals surface area contributed by atoms with Gasteiger partial charge in [0.05, 0.1) is 11.5 Å². The summed E-state index contributed by atoms with van der Waals surface area (Å²) in [7, 11) is 0. The Hall–Kier alpha value is -1.69. The first-order chi connectivity index (χ1) is 7.91. The van der Waals surface area contributed by atoms with Crippen molar-refractivity contribution >= 4 is 23.1 Å². The Morgan fingerprint density at radius 1 is 1.53 bits per heavy atom. The highest BCUT2D eigenvalue weighted by atomic mass is 32.1. The summed E-state index contributed by atoms with van der Waals surface area (Å²) in [6.45, 7) is 3.91. The van der Waals surface area contributed by atoms with Crippen molar-refractivity contribution in [1.82, 2.24) is 9.88 Å². The second-order valence-electron chi connectivity index (χ2n) is 3.92. The van der Waals surface area contributed by atoms with Crippen LogP contribution >= 0.6 is 12.2 Å². The minimum atomic E-state index is -0.310. The molecule has 0 fully saturated rings. The van der Waals surface area contributed by atoms with Crippen molar-refractivity contribution in [3.05, 3.63) is 34.2 Å². The summed E-state index contributed by atoms with van der Waals surface area (Å²) in [5.41, 5.74) is 5.37. The maximum atomic E-state index is 12.1. The van der Waals surface area contributed by atoms with Crippen LogP contribution in [0.1, 0.15) is 24.3 Å². The van der Waals surface area contributed by atoms with Crippen LogP contribution in [-0.4, -0.2) is 33.4 Å². The first-order valence-electron chi connectivity index (χ1n) is 5.20. The summed E-state index contributed by atoms with van der Waals surface area (Å²) in [6, 6.07) is 4.39. The highest BCUT2D eigenvalue weighted by Crippen LogP contribution is 2.04. The van der Waals surface area contributed by atoms with Gasteiger partial charge >= 0.3 is 0 Å². The van der Waals surface area contributed by atoms with Gasteiger partial charge in [-0.1, -0.05) is 18.3 Å². The van der Waals surface area contributed by atoms with Crippen molar-refractivity contribution in [2.75, 3.05) is 6.54 Å². The van der Waals surface area contributed by atoms with Gasteiger partial charge in [-0.25, -0.2) is 0 Å². The molecule has 6 heteroatoms. The number of amides is 1. The van der Waals surface area contributed by atoms with E-state index >= 15 is 0 Å². The normalized spacial score (nSPS) is 10.3. The number of nitrogens with zero attached hydrogens (tertiary/aromatic N) is 1. The van der Waals surface area contributed by atoms with Gasteiger partial charge < -0.3 is 15.6 Å². The number of nitrogens with two attached hydrogens (primary N) is 1. The SMILES string of the molecule is CC(C)N(CC(N)=S)C(=O)c1cccc(=O)[nH]1. The summed E-state index contributed by atoms with van der Waals surface area (Å²) in [5, 5.41) is 0. The maximum absolute atomic E-state index is 12.1. The second kappa shape index (κ2) is 5.58. The Labute approximate surface area is 105 Å². The van der Waals surface area contributed by atoms with Crippen LogP contribution < -0.4 is 11.3 Å². The van der Waals surface area contributed by atoms with Crippen LogP contribution in [0, 0.1) is 0 Å². The van der Waals surface area contributed by atoms with E-state index in [-0.39, 0.29) is 34.7 Å². The summed E-state index contributed by atoms with van der Waals surface area (Å²) in [6.07, 6.45) is 0. The second-order valence-corrected chi connectivity index (χ2v) is 4.45. The van der Waals surface area contributed by atoms with Gasteiger partial charge in [0.15, 0.2) is 0 Å². The van der Waals surface area contributed by atoms with E-state index in [4.69, 9.17) is 18.0 Å². The van der Waals surface area contributed by atoms with Crippen molar-refractivity contribution in [3.63, 3.8) is 0 Å². The molecule has 0 saturated heterocycles. The van der Waals surface area contributed by atoms with Crippen molar-refractivity contribution in [2.24, 2.45) is 5.73 Å². The molecule has 0 aliphatic heterocycles. The number of H-pyrrole nitrogens is 1. The molecule has 1 amide bonds. The number of rotatable bonds is 4. The van der Waals surface area contributed by atoms with Gasteiger partial charge in [-0.3, -0.25) is 9.59 Å². The number of thiocarbonyl (C=S) groups is 1. The van der Waals surface area contributed by atoms with Crippen molar-refractivity contribution in [2.45, 2.75) is 19.9 Å². The topological polar surface area (TPSA) is 79.2 Å². The van der Waals surface area contributed by atoms with Crippen LogP contribution in [0.3, 0.4) is 0 Å².